The van der Waals surface area contributed by atoms with Crippen molar-refractivity contribution in [3.63, 3.8) is 0 Å². The van der Waals surface area contributed by atoms with E-state index in [1.165, 1.54) is 27.5 Å². The lowest BCUT2D eigenvalue weighted by Crippen LogP contribution is -2.36. The molecule has 4 aromatic heterocycles. The molecule has 9 aromatic carbocycles. The van der Waals surface area contributed by atoms with Gasteiger partial charge in [-0.2, -0.15) is 0 Å². The van der Waals surface area contributed by atoms with Gasteiger partial charge in [0.2, 0.25) is 7.28 Å². The van der Waals surface area contributed by atoms with Gasteiger partial charge in [-0.15, -0.1) is 0 Å². The average Bonchev–Trinajstić information content (AvgIpc) is 4.12. The Bertz CT molecular complexity index is 4260. The predicted molar refractivity (Wildman–Crippen MR) is 299 cm³/mol. The minimum absolute atomic E-state index is 0.0315. The first-order valence-electron chi connectivity index (χ1n) is 24.7. The van der Waals surface area contributed by atoms with Gasteiger partial charge in [0.1, 0.15) is 27.9 Å². The van der Waals surface area contributed by atoms with E-state index in [1.54, 1.807) is 0 Å². The van der Waals surface area contributed by atoms with Crippen molar-refractivity contribution in [2.45, 2.75) is 52.4 Å². The number of nitrogens with one attached hydrogen (secondary N) is 1. The highest BCUT2D eigenvalue weighted by molar-refractivity contribution is 6.73. The van der Waals surface area contributed by atoms with E-state index in [9.17, 15) is 0 Å². The Labute approximate surface area is 412 Å². The lowest BCUT2D eigenvalue weighted by atomic mass is 9.62. The number of rotatable bonds is 6. The fraction of sp³-hybridized carbons (Fsp3) is 0.125. The van der Waals surface area contributed by atoms with E-state index < -0.39 is 0 Å². The Morgan fingerprint density at radius 2 is 1.06 bits per heavy atom. The van der Waals surface area contributed by atoms with Gasteiger partial charge in [0.05, 0.1) is 16.9 Å². The van der Waals surface area contributed by atoms with E-state index in [0.717, 1.165) is 117 Å². The Kier molecular flexibility index (Phi) is 8.80. The molecule has 0 atom stereocenters. The number of furan rings is 3. The molecule has 0 unspecified atom stereocenters. The molecule has 0 amide bonds. The zero-order chi connectivity index (χ0) is 47.9. The summed E-state index contributed by atoms with van der Waals surface area (Å²) in [6, 6.07) is 65.3. The van der Waals surface area contributed by atoms with Crippen LogP contribution in [-0.4, -0.2) is 11.8 Å². The van der Waals surface area contributed by atoms with Crippen LogP contribution in [0.25, 0.3) is 93.5 Å². The molecule has 0 saturated carbocycles. The molecule has 0 bridgehead atoms. The molecular weight excluding hydrogens is 870 g/mol. The summed E-state index contributed by atoms with van der Waals surface area (Å²) in [5.41, 5.74) is 19.8. The van der Waals surface area contributed by atoms with Crippen LogP contribution >= 0.6 is 0 Å². The standard InChI is InChI=1S/C64H50BN3O3/c1-63(2,3)37-21-24-39(25-22-37)66-52-33-49-44-27-26-42(67(40-15-9-7-10-16-40)41-17-11-8-12-18-41)32-56(44)70-57(49)35-47(52)45-28-29-46-48-36-58-50(43-19-13-14-20-54(43)69-58)34-53(48)68-60(46)59(45)65-62-61(68)51-31-38(64(4,5)6)23-30-55(51)71-62/h7-36,65-66H,1-6H3. The van der Waals surface area contributed by atoms with Crippen LogP contribution < -0.4 is 21.3 Å². The second-order valence-corrected chi connectivity index (χ2v) is 21.4. The first kappa shape index (κ1) is 41.5. The van der Waals surface area contributed by atoms with Crippen LogP contribution in [0, 0.1) is 0 Å². The molecule has 5 heterocycles. The van der Waals surface area contributed by atoms with Gasteiger partial charge in [0.25, 0.3) is 0 Å². The number of para-hydroxylation sites is 3. The largest absolute Gasteiger partial charge is 0.469 e. The molecule has 0 fully saturated rings. The van der Waals surface area contributed by atoms with Crippen LogP contribution in [0.2, 0.25) is 0 Å². The first-order valence-corrected chi connectivity index (χ1v) is 24.7. The number of nitrogens with zero attached hydrogens (tertiary/aromatic N) is 2. The molecule has 13 aromatic rings. The third-order valence-electron chi connectivity index (χ3n) is 14.9. The zero-order valence-corrected chi connectivity index (χ0v) is 40.6. The molecule has 0 saturated heterocycles. The quantitative estimate of drug-likeness (QED) is 0.168. The normalized spacial score (nSPS) is 12.8. The summed E-state index contributed by atoms with van der Waals surface area (Å²) >= 11 is 0. The van der Waals surface area contributed by atoms with Crippen LogP contribution in [0.3, 0.4) is 0 Å². The van der Waals surface area contributed by atoms with E-state index in [0.29, 0.717) is 7.28 Å². The minimum Gasteiger partial charge on any atom is -0.469 e. The maximum Gasteiger partial charge on any atom is 0.244 e. The summed E-state index contributed by atoms with van der Waals surface area (Å²) in [4.78, 5) is 2.28. The van der Waals surface area contributed by atoms with Gasteiger partial charge in [-0.3, -0.25) is 0 Å². The van der Waals surface area contributed by atoms with Crippen molar-refractivity contribution in [2.24, 2.45) is 0 Å². The molecule has 0 aliphatic carbocycles. The summed E-state index contributed by atoms with van der Waals surface area (Å²) in [6.07, 6.45) is 0. The lowest BCUT2D eigenvalue weighted by Gasteiger charge is -2.25. The molecule has 1 N–H and O–H groups in total. The topological polar surface area (TPSA) is 59.6 Å². The third-order valence-corrected chi connectivity index (χ3v) is 14.9. The third kappa shape index (κ3) is 6.49. The molecule has 1 aliphatic rings. The predicted octanol–water partition coefficient (Wildman–Crippen LogP) is 16.5. The molecule has 71 heavy (non-hydrogen) atoms. The number of hydrogen-bond acceptors (Lipinski definition) is 5. The number of benzene rings is 9. The van der Waals surface area contributed by atoms with Gasteiger partial charge in [-0.05, 0) is 124 Å². The van der Waals surface area contributed by atoms with Crippen molar-refractivity contribution in [1.82, 2.24) is 4.57 Å². The van der Waals surface area contributed by atoms with Crippen LogP contribution in [0.15, 0.2) is 195 Å². The van der Waals surface area contributed by atoms with E-state index in [1.807, 2.05) is 6.07 Å². The van der Waals surface area contributed by atoms with Crippen molar-refractivity contribution in [2.75, 3.05) is 10.2 Å². The summed E-state index contributed by atoms with van der Waals surface area (Å²) in [6.45, 7) is 13.6. The van der Waals surface area contributed by atoms with E-state index in [2.05, 4.69) is 232 Å². The van der Waals surface area contributed by atoms with Crippen molar-refractivity contribution in [1.29, 1.82) is 0 Å². The van der Waals surface area contributed by atoms with Gasteiger partial charge >= 0.3 is 0 Å². The first-order chi connectivity index (χ1) is 34.4. The lowest BCUT2D eigenvalue weighted by molar-refractivity contribution is 0.590. The van der Waals surface area contributed by atoms with E-state index in [4.69, 9.17) is 13.3 Å². The van der Waals surface area contributed by atoms with Gasteiger partial charge in [-0.1, -0.05) is 126 Å². The number of anilines is 5. The van der Waals surface area contributed by atoms with Crippen LogP contribution in [-0.2, 0) is 10.8 Å². The SMILES string of the molecule is CC(C)(C)c1ccc(Nc2cc3c(cc2-c2ccc4c5cc6oc7ccccc7c6cc5n5c4c2Bc2oc4ccc(C(C)(C)C)cc4c2-5)oc2cc(N(c4ccccc4)c4ccccc4)ccc23)cc1. The zero-order valence-electron chi connectivity index (χ0n) is 40.6. The number of aromatic nitrogens is 1. The highest BCUT2D eigenvalue weighted by Crippen LogP contribution is 2.46. The Balaban J connectivity index is 1.02. The molecule has 14 rings (SSSR count). The Morgan fingerprint density at radius 1 is 0.437 bits per heavy atom. The van der Waals surface area contributed by atoms with Gasteiger partial charge in [0.15, 0.2) is 0 Å². The molecule has 6 nitrogen and oxygen atoms in total. The van der Waals surface area contributed by atoms with E-state index in [-0.39, 0.29) is 10.8 Å². The highest BCUT2D eigenvalue weighted by Gasteiger charge is 2.32. The van der Waals surface area contributed by atoms with Crippen LogP contribution in [0.5, 0.6) is 0 Å². The smallest absolute Gasteiger partial charge is 0.244 e. The summed E-state index contributed by atoms with van der Waals surface area (Å²) in [5, 5.41) is 11.7. The van der Waals surface area contributed by atoms with Gasteiger partial charge in [-0.25, -0.2) is 0 Å². The van der Waals surface area contributed by atoms with Gasteiger partial charge < -0.3 is 28.0 Å². The second kappa shape index (κ2) is 15.0. The van der Waals surface area contributed by atoms with Crippen molar-refractivity contribution in [3.8, 4) is 16.8 Å². The highest BCUT2D eigenvalue weighted by atomic mass is 16.3. The summed E-state index contributed by atoms with van der Waals surface area (Å²) in [7, 11) is 0.618. The van der Waals surface area contributed by atoms with E-state index >= 15 is 0 Å². The molecular formula is C64H50BN3O3. The second-order valence-electron chi connectivity index (χ2n) is 21.4. The maximum atomic E-state index is 7.00. The monoisotopic (exact) mass is 919 g/mol. The number of fused-ring (bicyclic) bond motifs is 13. The van der Waals surface area contributed by atoms with Crippen molar-refractivity contribution in [3.05, 3.63) is 193 Å². The van der Waals surface area contributed by atoms with Crippen LogP contribution in [0.4, 0.5) is 28.4 Å². The number of hydrogen-bond donors (Lipinski definition) is 1. The maximum absolute atomic E-state index is 7.00. The van der Waals surface area contributed by atoms with Crippen molar-refractivity contribution < 1.29 is 13.3 Å². The van der Waals surface area contributed by atoms with Crippen LogP contribution in [0.1, 0.15) is 52.7 Å². The Hall–Kier alpha value is -8.42. The molecule has 342 valence electrons. The summed E-state index contributed by atoms with van der Waals surface area (Å²) in [5.74, 6) is 0. The van der Waals surface area contributed by atoms with Crippen molar-refractivity contribution >= 4 is 123 Å². The Morgan fingerprint density at radius 3 is 1.80 bits per heavy atom. The minimum atomic E-state index is -0.0372. The molecule has 1 aliphatic heterocycles. The molecule has 7 heteroatoms. The molecule has 0 spiro atoms. The fourth-order valence-corrected chi connectivity index (χ4v) is 11.3. The summed E-state index contributed by atoms with van der Waals surface area (Å²) < 4.78 is 23.0. The van der Waals surface area contributed by atoms with Gasteiger partial charge in [0, 0.05) is 83.3 Å². The molecule has 0 radical (unpaired) electrons. The fourth-order valence-electron chi connectivity index (χ4n) is 11.3. The average molecular weight is 920 g/mol.